The highest BCUT2D eigenvalue weighted by Crippen LogP contribution is 2.32. The Hall–Kier alpha value is -3.08. The third kappa shape index (κ3) is 8.25. The molecule has 0 fully saturated rings. The minimum Gasteiger partial charge on any atom is -0.355 e. The highest BCUT2D eigenvalue weighted by Gasteiger charge is 2.32. The van der Waals surface area contributed by atoms with Gasteiger partial charge in [0, 0.05) is 26.1 Å². The van der Waals surface area contributed by atoms with Gasteiger partial charge in [-0.15, -0.1) is 0 Å². The number of hydrogen-bond donors (Lipinski definition) is 1. The predicted octanol–water partition coefficient (Wildman–Crippen LogP) is 4.11. The number of sulfonamides is 1. The van der Waals surface area contributed by atoms with Crippen LogP contribution < -0.4 is 9.62 Å². The van der Waals surface area contributed by atoms with Crippen molar-refractivity contribution in [1.29, 1.82) is 0 Å². The Bertz CT molecular complexity index is 1170. The van der Waals surface area contributed by atoms with Crippen LogP contribution in [-0.2, 0) is 32.3 Å². The maximum atomic E-state index is 13.2. The summed E-state index contributed by atoms with van der Waals surface area (Å²) >= 11 is 0. The molecule has 2 aromatic carbocycles. The molecule has 2 aromatic rings. The Kier molecular flexibility index (Phi) is 9.92. The molecule has 36 heavy (non-hydrogen) atoms. The van der Waals surface area contributed by atoms with Gasteiger partial charge in [0.2, 0.25) is 21.8 Å². The van der Waals surface area contributed by atoms with Crippen molar-refractivity contribution in [2.75, 3.05) is 23.7 Å². The highest BCUT2D eigenvalue weighted by molar-refractivity contribution is 7.92. The van der Waals surface area contributed by atoms with E-state index in [0.717, 1.165) is 39.9 Å². The molecule has 0 saturated heterocycles. The Morgan fingerprint density at radius 1 is 1.08 bits per heavy atom. The van der Waals surface area contributed by atoms with Crippen LogP contribution in [0.15, 0.2) is 48.5 Å². The molecule has 1 N–H and O–H groups in total. The van der Waals surface area contributed by atoms with Gasteiger partial charge in [-0.05, 0) is 51.0 Å². The molecule has 2 rings (SSSR count). The number of nitrogens with one attached hydrogen (secondary N) is 1. The van der Waals surface area contributed by atoms with E-state index in [1.54, 1.807) is 13.8 Å². The zero-order chi connectivity index (χ0) is 27.1. The zero-order valence-electron chi connectivity index (χ0n) is 20.8. The fourth-order valence-electron chi connectivity index (χ4n) is 3.75. The van der Waals surface area contributed by atoms with E-state index in [1.165, 1.54) is 11.0 Å². The van der Waals surface area contributed by atoms with E-state index in [4.69, 9.17) is 0 Å². The number of likely N-dealkylation sites (N-methyl/N-ethyl adjacent to an activating group) is 1. The summed E-state index contributed by atoms with van der Waals surface area (Å²) in [7, 11) is -3.91. The van der Waals surface area contributed by atoms with E-state index in [1.807, 2.05) is 31.2 Å². The summed E-state index contributed by atoms with van der Waals surface area (Å²) in [5, 5.41) is 2.70. The van der Waals surface area contributed by atoms with Crippen molar-refractivity contribution in [3.63, 3.8) is 0 Å². The van der Waals surface area contributed by atoms with Crippen LogP contribution in [0.25, 0.3) is 0 Å². The molecular formula is C25H32F3N3O4S. The molecule has 0 aromatic heterocycles. The maximum absolute atomic E-state index is 13.2. The number of hydrogen-bond acceptors (Lipinski definition) is 4. The maximum Gasteiger partial charge on any atom is 0.416 e. The van der Waals surface area contributed by atoms with Crippen LogP contribution in [0.5, 0.6) is 0 Å². The summed E-state index contributed by atoms with van der Waals surface area (Å²) in [6, 6.07) is 10.8. The Morgan fingerprint density at radius 3 is 2.33 bits per heavy atom. The second kappa shape index (κ2) is 12.2. The number of alkyl halides is 3. The summed E-state index contributed by atoms with van der Waals surface area (Å²) in [6.07, 6.45) is -3.77. The van der Waals surface area contributed by atoms with Crippen LogP contribution in [0.3, 0.4) is 0 Å². The summed E-state index contributed by atoms with van der Waals surface area (Å²) in [5.41, 5.74) is 0.730. The third-order valence-electron chi connectivity index (χ3n) is 5.57. The van der Waals surface area contributed by atoms with Crippen LogP contribution in [-0.4, -0.2) is 50.5 Å². The number of carbonyl (C=O) groups is 2. The second-order valence-corrected chi connectivity index (χ2v) is 10.5. The van der Waals surface area contributed by atoms with Crippen molar-refractivity contribution < 1.29 is 31.2 Å². The average Bonchev–Trinajstić information content (AvgIpc) is 2.78. The predicted molar refractivity (Wildman–Crippen MR) is 133 cm³/mol. The van der Waals surface area contributed by atoms with Gasteiger partial charge in [-0.2, -0.15) is 13.2 Å². The van der Waals surface area contributed by atoms with Gasteiger partial charge in [0.15, 0.2) is 0 Å². The lowest BCUT2D eigenvalue weighted by Crippen LogP contribution is -2.47. The molecule has 11 heteroatoms. The van der Waals surface area contributed by atoms with Crippen LogP contribution >= 0.6 is 0 Å². The molecule has 1 atom stereocenters. The molecule has 0 unspecified atom stereocenters. The number of benzene rings is 2. The van der Waals surface area contributed by atoms with Gasteiger partial charge in [-0.1, -0.05) is 35.9 Å². The lowest BCUT2D eigenvalue weighted by Gasteiger charge is -2.29. The van der Waals surface area contributed by atoms with E-state index in [9.17, 15) is 31.2 Å². The average molecular weight is 528 g/mol. The van der Waals surface area contributed by atoms with Gasteiger partial charge in [-0.25, -0.2) is 8.42 Å². The van der Waals surface area contributed by atoms with E-state index < -0.39 is 27.8 Å². The van der Waals surface area contributed by atoms with E-state index >= 15 is 0 Å². The standard InChI is InChI=1S/C25H32F3N3O4S/c1-5-29-24(33)19(3)30(17-20-10-6-9-18(2)15-20)23(32)13-8-14-31(36(4,34)35)22-12-7-11-21(16-22)25(26,27)28/h6-7,9-12,15-16,19H,5,8,13-14,17H2,1-4H3,(H,29,33)/t19-/m1/s1. The lowest BCUT2D eigenvalue weighted by atomic mass is 10.1. The van der Waals surface area contributed by atoms with Crippen LogP contribution in [0.4, 0.5) is 18.9 Å². The summed E-state index contributed by atoms with van der Waals surface area (Å²) in [6.45, 7) is 5.68. The van der Waals surface area contributed by atoms with Gasteiger partial charge >= 0.3 is 6.18 Å². The van der Waals surface area contributed by atoms with E-state index in [2.05, 4.69) is 5.32 Å². The number of halogens is 3. The van der Waals surface area contributed by atoms with Gasteiger partial charge in [0.25, 0.3) is 0 Å². The lowest BCUT2D eigenvalue weighted by molar-refractivity contribution is -0.140. The molecule has 0 saturated carbocycles. The van der Waals surface area contributed by atoms with E-state index in [0.29, 0.717) is 6.54 Å². The fraction of sp³-hybridized carbons (Fsp3) is 0.440. The number of nitrogens with zero attached hydrogens (tertiary/aromatic N) is 2. The normalized spacial score (nSPS) is 12.6. The molecule has 0 aliphatic carbocycles. The molecule has 2 amide bonds. The first-order chi connectivity index (χ1) is 16.7. The fourth-order valence-corrected chi connectivity index (χ4v) is 4.71. The van der Waals surface area contributed by atoms with Crippen LogP contribution in [0.2, 0.25) is 0 Å². The molecule has 0 heterocycles. The smallest absolute Gasteiger partial charge is 0.355 e. The van der Waals surface area contributed by atoms with Crippen molar-refractivity contribution in [1.82, 2.24) is 10.2 Å². The quantitative estimate of drug-likeness (QED) is 0.477. The molecule has 7 nitrogen and oxygen atoms in total. The Balaban J connectivity index is 2.20. The first-order valence-corrected chi connectivity index (χ1v) is 13.4. The highest BCUT2D eigenvalue weighted by atomic mass is 32.2. The van der Waals surface area contributed by atoms with Crippen molar-refractivity contribution >= 4 is 27.5 Å². The van der Waals surface area contributed by atoms with Gasteiger partial charge in [-0.3, -0.25) is 13.9 Å². The Morgan fingerprint density at radius 2 is 1.75 bits per heavy atom. The molecule has 0 aliphatic heterocycles. The molecule has 0 bridgehead atoms. The van der Waals surface area contributed by atoms with Crippen molar-refractivity contribution in [2.45, 2.75) is 52.4 Å². The third-order valence-corrected chi connectivity index (χ3v) is 6.76. The summed E-state index contributed by atoms with van der Waals surface area (Å²) in [5.74, 6) is -0.687. The van der Waals surface area contributed by atoms with Gasteiger partial charge in [0.1, 0.15) is 6.04 Å². The molecule has 0 spiro atoms. The monoisotopic (exact) mass is 527 g/mol. The SMILES string of the molecule is CCNC(=O)[C@@H](C)N(Cc1cccc(C)c1)C(=O)CCCN(c1cccc(C(F)(F)F)c1)S(C)(=O)=O. The molecule has 0 aliphatic rings. The number of anilines is 1. The topological polar surface area (TPSA) is 86.8 Å². The van der Waals surface area contributed by atoms with Crippen LogP contribution in [0.1, 0.15) is 43.4 Å². The summed E-state index contributed by atoms with van der Waals surface area (Å²) in [4.78, 5) is 27.1. The van der Waals surface area contributed by atoms with Gasteiger partial charge in [0.05, 0.1) is 17.5 Å². The minimum atomic E-state index is -4.62. The summed E-state index contributed by atoms with van der Waals surface area (Å²) < 4.78 is 64.9. The van der Waals surface area contributed by atoms with Crippen LogP contribution in [0, 0.1) is 6.92 Å². The molecule has 0 radical (unpaired) electrons. The van der Waals surface area contributed by atoms with Crippen molar-refractivity contribution in [2.24, 2.45) is 0 Å². The Labute approximate surface area is 210 Å². The van der Waals surface area contributed by atoms with Crippen molar-refractivity contribution in [3.05, 3.63) is 65.2 Å². The second-order valence-electron chi connectivity index (χ2n) is 8.57. The first kappa shape index (κ1) is 29.2. The van der Waals surface area contributed by atoms with E-state index in [-0.39, 0.29) is 43.4 Å². The number of amides is 2. The largest absolute Gasteiger partial charge is 0.416 e. The van der Waals surface area contributed by atoms with Gasteiger partial charge < -0.3 is 10.2 Å². The number of carbonyl (C=O) groups excluding carboxylic acids is 2. The number of rotatable bonds is 11. The van der Waals surface area contributed by atoms with Crippen molar-refractivity contribution in [3.8, 4) is 0 Å². The molecular weight excluding hydrogens is 495 g/mol. The number of aryl methyl sites for hydroxylation is 1. The zero-order valence-corrected chi connectivity index (χ0v) is 21.6. The first-order valence-electron chi connectivity index (χ1n) is 11.5. The molecule has 198 valence electrons. The minimum absolute atomic E-state index is 0.0502.